The summed E-state index contributed by atoms with van der Waals surface area (Å²) in [4.78, 5) is 26.6. The molecule has 5 nitrogen and oxygen atoms in total. The second-order valence-corrected chi connectivity index (χ2v) is 10.3. The molecule has 1 amide bonds. The van der Waals surface area contributed by atoms with Crippen molar-refractivity contribution < 1.29 is 4.79 Å². The summed E-state index contributed by atoms with van der Waals surface area (Å²) in [5.74, 6) is -0.0251. The van der Waals surface area contributed by atoms with Gasteiger partial charge in [-0.25, -0.2) is 9.97 Å². The van der Waals surface area contributed by atoms with Crippen molar-refractivity contribution in [3.8, 4) is 0 Å². The van der Waals surface area contributed by atoms with Gasteiger partial charge in [-0.05, 0) is 30.3 Å². The molecule has 7 heteroatoms. The number of hydrogen-bond donors (Lipinski definition) is 1. The van der Waals surface area contributed by atoms with Crippen LogP contribution >= 0.6 is 22.7 Å². The van der Waals surface area contributed by atoms with Gasteiger partial charge in [-0.3, -0.25) is 4.79 Å². The van der Waals surface area contributed by atoms with Gasteiger partial charge in [-0.15, -0.1) is 22.7 Å². The smallest absolute Gasteiger partial charge is 0.231 e. The summed E-state index contributed by atoms with van der Waals surface area (Å²) in [5.41, 5.74) is 3.33. The fourth-order valence-electron chi connectivity index (χ4n) is 4.02. The van der Waals surface area contributed by atoms with Crippen molar-refractivity contribution in [2.24, 2.45) is 0 Å². The minimum absolute atomic E-state index is 0.0251. The van der Waals surface area contributed by atoms with Gasteiger partial charge < -0.3 is 10.2 Å². The molecule has 0 bridgehead atoms. The fourth-order valence-corrected chi connectivity index (χ4v) is 6.22. The molecule has 0 fully saturated rings. The van der Waals surface area contributed by atoms with E-state index in [1.54, 1.807) is 22.7 Å². The van der Waals surface area contributed by atoms with Crippen LogP contribution in [0, 0.1) is 6.92 Å². The van der Waals surface area contributed by atoms with Crippen molar-refractivity contribution in [3.63, 3.8) is 0 Å². The standard InChI is InChI=1S/C24H24N4OS2/c1-15-20(13-22(29)27-24-26-19-10-11-28(2)14-21(19)31-24)30-23(25-15)12-17-8-5-7-16-6-3-4-9-18(16)17/h3-9H,10-14H2,1-2H3,(H,26,27,29). The molecule has 0 spiro atoms. The van der Waals surface area contributed by atoms with Crippen molar-refractivity contribution in [1.82, 2.24) is 14.9 Å². The minimum Gasteiger partial charge on any atom is -0.302 e. The van der Waals surface area contributed by atoms with E-state index in [4.69, 9.17) is 4.98 Å². The molecule has 158 valence electrons. The van der Waals surface area contributed by atoms with Gasteiger partial charge in [0.05, 0.1) is 22.8 Å². The van der Waals surface area contributed by atoms with Crippen LogP contribution in [0.1, 0.15) is 31.7 Å². The Labute approximate surface area is 189 Å². The average molecular weight is 449 g/mol. The molecule has 2 aromatic heterocycles. The number of hydrogen-bond acceptors (Lipinski definition) is 6. The molecule has 0 saturated carbocycles. The van der Waals surface area contributed by atoms with Crippen LogP contribution in [0.3, 0.4) is 0 Å². The van der Waals surface area contributed by atoms with Gasteiger partial charge in [0.15, 0.2) is 5.13 Å². The van der Waals surface area contributed by atoms with Crippen LogP contribution in [0.2, 0.25) is 0 Å². The number of carbonyl (C=O) groups excluding carboxylic acids is 1. The second kappa shape index (κ2) is 8.49. The molecule has 0 aliphatic carbocycles. The first-order valence-electron chi connectivity index (χ1n) is 10.4. The Morgan fingerprint density at radius 1 is 1.13 bits per heavy atom. The lowest BCUT2D eigenvalue weighted by Crippen LogP contribution is -2.25. The maximum absolute atomic E-state index is 12.7. The van der Waals surface area contributed by atoms with E-state index in [1.165, 1.54) is 21.2 Å². The van der Waals surface area contributed by atoms with Crippen molar-refractivity contribution >= 4 is 44.5 Å². The van der Waals surface area contributed by atoms with Crippen molar-refractivity contribution in [3.05, 3.63) is 74.2 Å². The number of likely N-dealkylation sites (N-methyl/N-ethyl adjacent to an activating group) is 1. The Morgan fingerprint density at radius 3 is 2.87 bits per heavy atom. The number of nitrogens with one attached hydrogen (secondary N) is 1. The molecule has 0 saturated heterocycles. The summed E-state index contributed by atoms with van der Waals surface area (Å²) in [6, 6.07) is 14.8. The SMILES string of the molecule is Cc1nc(Cc2cccc3ccccc23)sc1CC(=O)Nc1nc2c(s1)CN(C)CC2. The van der Waals surface area contributed by atoms with Crippen molar-refractivity contribution in [2.45, 2.75) is 32.7 Å². The molecule has 3 heterocycles. The van der Waals surface area contributed by atoms with E-state index in [2.05, 4.69) is 64.7 Å². The number of fused-ring (bicyclic) bond motifs is 2. The Balaban J connectivity index is 1.28. The lowest BCUT2D eigenvalue weighted by molar-refractivity contribution is -0.115. The van der Waals surface area contributed by atoms with Crippen LogP contribution in [0.25, 0.3) is 10.8 Å². The van der Waals surface area contributed by atoms with Gasteiger partial charge in [0.2, 0.25) is 5.91 Å². The van der Waals surface area contributed by atoms with Crippen LogP contribution in [0.5, 0.6) is 0 Å². The number of rotatable bonds is 5. The third-order valence-electron chi connectivity index (χ3n) is 5.65. The number of thiazole rings is 2. The normalized spacial score (nSPS) is 14.0. The van der Waals surface area contributed by atoms with Gasteiger partial charge >= 0.3 is 0 Å². The van der Waals surface area contributed by atoms with E-state index in [-0.39, 0.29) is 5.91 Å². The number of nitrogens with zero attached hydrogens (tertiary/aromatic N) is 3. The minimum atomic E-state index is -0.0251. The molecule has 4 aromatic rings. The van der Waals surface area contributed by atoms with Crippen molar-refractivity contribution in [2.75, 3.05) is 18.9 Å². The summed E-state index contributed by atoms with van der Waals surface area (Å²) < 4.78 is 0. The quantitative estimate of drug-likeness (QED) is 0.476. The topological polar surface area (TPSA) is 58.1 Å². The Morgan fingerprint density at radius 2 is 1.97 bits per heavy atom. The average Bonchev–Trinajstić information content (AvgIpc) is 3.30. The van der Waals surface area contributed by atoms with E-state index in [0.717, 1.165) is 47.2 Å². The molecule has 5 rings (SSSR count). The predicted octanol–water partition coefficient (Wildman–Crippen LogP) is 4.82. The third kappa shape index (κ3) is 4.39. The molecule has 0 atom stereocenters. The maximum Gasteiger partial charge on any atom is 0.231 e. The largest absolute Gasteiger partial charge is 0.302 e. The lowest BCUT2D eigenvalue weighted by Gasteiger charge is -2.20. The highest BCUT2D eigenvalue weighted by Crippen LogP contribution is 2.29. The van der Waals surface area contributed by atoms with Gasteiger partial charge in [0, 0.05) is 35.7 Å². The number of aryl methyl sites for hydroxylation is 1. The summed E-state index contributed by atoms with van der Waals surface area (Å²) >= 11 is 3.23. The van der Waals surface area contributed by atoms with Gasteiger partial charge in [0.1, 0.15) is 0 Å². The van der Waals surface area contributed by atoms with E-state index in [0.29, 0.717) is 11.6 Å². The number of anilines is 1. The molecule has 0 radical (unpaired) electrons. The first-order valence-corrected chi connectivity index (χ1v) is 12.1. The second-order valence-electron chi connectivity index (χ2n) is 8.03. The highest BCUT2D eigenvalue weighted by Gasteiger charge is 2.20. The highest BCUT2D eigenvalue weighted by atomic mass is 32.1. The summed E-state index contributed by atoms with van der Waals surface area (Å²) in [7, 11) is 2.11. The van der Waals surface area contributed by atoms with E-state index in [9.17, 15) is 4.79 Å². The molecular weight excluding hydrogens is 424 g/mol. The molecular formula is C24H24N4OS2. The maximum atomic E-state index is 12.7. The molecule has 1 N–H and O–H groups in total. The number of amides is 1. The Hall–Kier alpha value is -2.61. The molecule has 1 aliphatic rings. The van der Waals surface area contributed by atoms with Crippen LogP contribution in [-0.4, -0.2) is 34.4 Å². The third-order valence-corrected chi connectivity index (χ3v) is 7.80. The predicted molar refractivity (Wildman–Crippen MR) is 128 cm³/mol. The lowest BCUT2D eigenvalue weighted by atomic mass is 10.0. The molecule has 31 heavy (non-hydrogen) atoms. The van der Waals surface area contributed by atoms with Crippen LogP contribution < -0.4 is 5.32 Å². The molecule has 2 aromatic carbocycles. The summed E-state index contributed by atoms with van der Waals surface area (Å²) in [6.07, 6.45) is 2.06. The van der Waals surface area contributed by atoms with Crippen LogP contribution in [-0.2, 0) is 30.6 Å². The van der Waals surface area contributed by atoms with Crippen LogP contribution in [0.4, 0.5) is 5.13 Å². The molecule has 1 aliphatic heterocycles. The number of benzene rings is 2. The van der Waals surface area contributed by atoms with Crippen LogP contribution in [0.15, 0.2) is 42.5 Å². The van der Waals surface area contributed by atoms with E-state index >= 15 is 0 Å². The van der Waals surface area contributed by atoms with E-state index < -0.39 is 0 Å². The zero-order chi connectivity index (χ0) is 21.4. The first-order chi connectivity index (χ1) is 15.0. The zero-order valence-electron chi connectivity index (χ0n) is 17.6. The van der Waals surface area contributed by atoms with Gasteiger partial charge in [-0.2, -0.15) is 0 Å². The monoisotopic (exact) mass is 448 g/mol. The van der Waals surface area contributed by atoms with Gasteiger partial charge in [-0.1, -0.05) is 42.5 Å². The summed E-state index contributed by atoms with van der Waals surface area (Å²) in [5, 5.41) is 7.26. The number of aromatic nitrogens is 2. The molecule has 0 unspecified atom stereocenters. The number of carbonyl (C=O) groups is 1. The zero-order valence-corrected chi connectivity index (χ0v) is 19.3. The highest BCUT2D eigenvalue weighted by molar-refractivity contribution is 7.16. The van der Waals surface area contributed by atoms with E-state index in [1.807, 2.05) is 6.92 Å². The van der Waals surface area contributed by atoms with Crippen molar-refractivity contribution in [1.29, 1.82) is 0 Å². The Kier molecular flexibility index (Phi) is 5.56. The first kappa shape index (κ1) is 20.3. The fraction of sp³-hybridized carbons (Fsp3) is 0.292. The van der Waals surface area contributed by atoms with Gasteiger partial charge in [0.25, 0.3) is 0 Å². The Bertz CT molecular complexity index is 1250. The summed E-state index contributed by atoms with van der Waals surface area (Å²) in [6.45, 7) is 3.92.